The molecule has 1 N–H and O–H groups in total. The molecule has 3 aromatic carbocycles. The number of cyclic esters (lactones) is 1. The molecule has 3 aromatic rings. The Bertz CT molecular complexity index is 1670. The molecule has 4 rings (SSSR count). The molecule has 0 aromatic heterocycles. The van der Waals surface area contributed by atoms with Gasteiger partial charge >= 0.3 is 12.1 Å². The first-order valence-corrected chi connectivity index (χ1v) is 17.0. The van der Waals surface area contributed by atoms with Crippen molar-refractivity contribution in [1.82, 2.24) is 4.90 Å². The van der Waals surface area contributed by atoms with Crippen LogP contribution in [-0.4, -0.2) is 84.2 Å². The Hall–Kier alpha value is -4.97. The molecule has 2 amide bonds. The number of rotatable bonds is 19. The molecular weight excluding hydrogens is 654 g/mol. The van der Waals surface area contributed by atoms with Crippen molar-refractivity contribution in [3.63, 3.8) is 0 Å². The Kier molecular flexibility index (Phi) is 14.8. The van der Waals surface area contributed by atoms with E-state index in [-0.39, 0.29) is 44.2 Å². The van der Waals surface area contributed by atoms with Crippen LogP contribution in [0, 0.1) is 12.8 Å². The second-order valence-electron chi connectivity index (χ2n) is 12.5. The standard InChI is InChI=1S/C40H45NO10/c1-27-12-10-17-32(20-27)35(36(44)18-11-19-48-26-34(23-42)49-24-31-15-8-5-9-16-31)22-37(45)38(51-29(3)43)28(2)39(46)41-33(25-50-40(41)47)21-30-13-6-4-7-14-30/h4-10,12-17,20,22,28,33-34,38,42H,11,18-19,21,23-26H2,1-3H3/t28-,33-,34-,38-/m1/s1. The fourth-order valence-electron chi connectivity index (χ4n) is 5.69. The van der Waals surface area contributed by atoms with Gasteiger partial charge in [0.05, 0.1) is 31.8 Å². The third-order valence-electron chi connectivity index (χ3n) is 8.37. The van der Waals surface area contributed by atoms with Gasteiger partial charge in [-0.2, -0.15) is 0 Å². The fourth-order valence-corrected chi connectivity index (χ4v) is 5.69. The summed E-state index contributed by atoms with van der Waals surface area (Å²) in [6.07, 6.45) is -1.21. The molecule has 270 valence electrons. The lowest BCUT2D eigenvalue weighted by atomic mass is 9.92. The van der Waals surface area contributed by atoms with E-state index in [1.807, 2.05) is 73.7 Å². The van der Waals surface area contributed by atoms with Gasteiger partial charge in [0.1, 0.15) is 12.7 Å². The van der Waals surface area contributed by atoms with Crippen molar-refractivity contribution in [3.8, 4) is 0 Å². The van der Waals surface area contributed by atoms with Gasteiger partial charge in [0.2, 0.25) is 5.91 Å². The molecule has 1 saturated heterocycles. The molecule has 0 spiro atoms. The van der Waals surface area contributed by atoms with E-state index >= 15 is 0 Å². The monoisotopic (exact) mass is 699 g/mol. The quantitative estimate of drug-likeness (QED) is 0.103. The number of Topliss-reactive ketones (excluding diaryl/α,β-unsaturated/α-hetero) is 1. The van der Waals surface area contributed by atoms with E-state index in [1.165, 1.54) is 6.92 Å². The van der Waals surface area contributed by atoms with Crippen LogP contribution in [-0.2, 0) is 51.2 Å². The molecule has 1 fully saturated rings. The number of hydrogen-bond acceptors (Lipinski definition) is 10. The Morgan fingerprint density at radius 3 is 2.31 bits per heavy atom. The highest BCUT2D eigenvalue weighted by molar-refractivity contribution is 6.25. The maximum Gasteiger partial charge on any atom is 0.416 e. The predicted molar refractivity (Wildman–Crippen MR) is 188 cm³/mol. The third-order valence-corrected chi connectivity index (χ3v) is 8.37. The van der Waals surface area contributed by atoms with Crippen LogP contribution in [0.1, 0.15) is 48.9 Å². The summed E-state index contributed by atoms with van der Waals surface area (Å²) in [4.78, 5) is 67.1. The molecule has 11 nitrogen and oxygen atoms in total. The van der Waals surface area contributed by atoms with Crippen molar-refractivity contribution in [2.75, 3.05) is 26.4 Å². The minimum Gasteiger partial charge on any atom is -0.453 e. The van der Waals surface area contributed by atoms with Crippen molar-refractivity contribution in [1.29, 1.82) is 0 Å². The Morgan fingerprint density at radius 1 is 0.980 bits per heavy atom. The second kappa shape index (κ2) is 19.4. The number of nitrogens with zero attached hydrogens (tertiary/aromatic N) is 1. The molecule has 0 saturated carbocycles. The van der Waals surface area contributed by atoms with Gasteiger partial charge in [-0.05, 0) is 49.5 Å². The van der Waals surface area contributed by atoms with Gasteiger partial charge in [-0.15, -0.1) is 0 Å². The van der Waals surface area contributed by atoms with Crippen LogP contribution < -0.4 is 0 Å². The molecule has 1 aliphatic rings. The number of amides is 2. The smallest absolute Gasteiger partial charge is 0.416 e. The van der Waals surface area contributed by atoms with Gasteiger partial charge in [0.15, 0.2) is 17.7 Å². The molecule has 0 unspecified atom stereocenters. The van der Waals surface area contributed by atoms with E-state index in [4.69, 9.17) is 18.9 Å². The lowest BCUT2D eigenvalue weighted by molar-refractivity contribution is -0.158. The van der Waals surface area contributed by atoms with E-state index in [1.54, 1.807) is 18.2 Å². The van der Waals surface area contributed by atoms with E-state index in [9.17, 15) is 29.1 Å². The first-order chi connectivity index (χ1) is 24.6. The van der Waals surface area contributed by atoms with Gasteiger partial charge in [0, 0.05) is 25.5 Å². The van der Waals surface area contributed by atoms with Crippen molar-refractivity contribution in [2.24, 2.45) is 5.92 Å². The molecule has 51 heavy (non-hydrogen) atoms. The van der Waals surface area contributed by atoms with Gasteiger partial charge in [-0.25, -0.2) is 9.69 Å². The highest BCUT2D eigenvalue weighted by Crippen LogP contribution is 2.25. The average Bonchev–Trinajstić information content (AvgIpc) is 3.49. The number of ketones is 2. The van der Waals surface area contributed by atoms with Crippen LogP contribution in [0.2, 0.25) is 0 Å². The van der Waals surface area contributed by atoms with Gasteiger partial charge in [-0.1, -0.05) is 90.5 Å². The SMILES string of the molecule is CC(=O)O[C@@H](C(=O)C=C(C(=O)CCCOC[C@@H](CO)OCc1ccccc1)c1cccc(C)c1)[C@@H](C)C(=O)N1C(=O)OC[C@H]1Cc1ccccc1. The van der Waals surface area contributed by atoms with Crippen molar-refractivity contribution in [3.05, 3.63) is 113 Å². The number of aryl methyl sites for hydroxylation is 1. The van der Waals surface area contributed by atoms with Gasteiger partial charge in [0.25, 0.3) is 0 Å². The number of carbonyl (C=O) groups is 5. The summed E-state index contributed by atoms with van der Waals surface area (Å²) in [7, 11) is 0. The molecule has 4 atom stereocenters. The molecule has 1 heterocycles. The van der Waals surface area contributed by atoms with Crippen LogP contribution in [0.25, 0.3) is 5.57 Å². The van der Waals surface area contributed by atoms with Crippen LogP contribution in [0.5, 0.6) is 0 Å². The summed E-state index contributed by atoms with van der Waals surface area (Å²) in [5.74, 6) is -3.95. The van der Waals surface area contributed by atoms with Crippen molar-refractivity contribution in [2.45, 2.75) is 64.9 Å². The van der Waals surface area contributed by atoms with Crippen LogP contribution in [0.4, 0.5) is 4.79 Å². The largest absolute Gasteiger partial charge is 0.453 e. The van der Waals surface area contributed by atoms with E-state index in [2.05, 4.69) is 0 Å². The highest BCUT2D eigenvalue weighted by atomic mass is 16.6. The van der Waals surface area contributed by atoms with E-state index in [0.29, 0.717) is 25.0 Å². The molecule has 0 radical (unpaired) electrons. The Labute approximate surface area is 298 Å². The summed E-state index contributed by atoms with van der Waals surface area (Å²) < 4.78 is 22.0. The summed E-state index contributed by atoms with van der Waals surface area (Å²) in [5.41, 5.74) is 3.27. The zero-order valence-electron chi connectivity index (χ0n) is 29.2. The van der Waals surface area contributed by atoms with Gasteiger partial charge in [-0.3, -0.25) is 19.2 Å². The van der Waals surface area contributed by atoms with Crippen molar-refractivity contribution < 1.29 is 48.0 Å². The van der Waals surface area contributed by atoms with Crippen LogP contribution in [0.15, 0.2) is 91.0 Å². The fraction of sp³-hybridized carbons (Fsp3) is 0.375. The number of carbonyl (C=O) groups excluding carboxylic acids is 5. The number of ether oxygens (including phenoxy) is 4. The van der Waals surface area contributed by atoms with Crippen LogP contribution in [0.3, 0.4) is 0 Å². The number of aliphatic hydroxyl groups excluding tert-OH is 1. The summed E-state index contributed by atoms with van der Waals surface area (Å²) in [6, 6.07) is 25.3. The maximum absolute atomic E-state index is 13.9. The van der Waals surface area contributed by atoms with Crippen LogP contribution >= 0.6 is 0 Å². The number of imide groups is 1. The molecular formula is C40H45NO10. The summed E-state index contributed by atoms with van der Waals surface area (Å²) >= 11 is 0. The molecule has 0 bridgehead atoms. The number of esters is 1. The molecule has 11 heteroatoms. The normalized spacial score (nSPS) is 16.2. The zero-order valence-corrected chi connectivity index (χ0v) is 29.2. The lowest BCUT2D eigenvalue weighted by Crippen LogP contribution is -2.48. The Balaban J connectivity index is 1.45. The second-order valence-corrected chi connectivity index (χ2v) is 12.5. The summed E-state index contributed by atoms with van der Waals surface area (Å²) in [5, 5.41) is 9.70. The first kappa shape index (κ1) is 38.8. The number of hydrogen-bond donors (Lipinski definition) is 1. The third kappa shape index (κ3) is 11.5. The van der Waals surface area contributed by atoms with E-state index in [0.717, 1.165) is 34.6 Å². The minimum absolute atomic E-state index is 0.0185. The lowest BCUT2D eigenvalue weighted by Gasteiger charge is -2.26. The number of benzene rings is 3. The molecule has 1 aliphatic heterocycles. The maximum atomic E-state index is 13.9. The molecule has 0 aliphatic carbocycles. The highest BCUT2D eigenvalue weighted by Gasteiger charge is 2.44. The topological polar surface area (TPSA) is 146 Å². The predicted octanol–water partition coefficient (Wildman–Crippen LogP) is 5.05. The Morgan fingerprint density at radius 2 is 1.67 bits per heavy atom. The minimum atomic E-state index is -1.61. The zero-order chi connectivity index (χ0) is 36.8. The summed E-state index contributed by atoms with van der Waals surface area (Å²) in [6.45, 7) is 4.77. The average molecular weight is 700 g/mol. The number of aliphatic hydroxyl groups is 1. The first-order valence-electron chi connectivity index (χ1n) is 17.0. The van der Waals surface area contributed by atoms with Crippen molar-refractivity contribution >= 4 is 35.1 Å². The van der Waals surface area contributed by atoms with E-state index < -0.39 is 47.9 Å². The number of allylic oxidation sites excluding steroid dienone is 1. The van der Waals surface area contributed by atoms with Gasteiger partial charge < -0.3 is 24.1 Å².